The van der Waals surface area contributed by atoms with E-state index >= 15 is 0 Å². The summed E-state index contributed by atoms with van der Waals surface area (Å²) in [6.45, 7) is 14.2. The number of hydrogen-bond donors (Lipinski definition) is 2. The second kappa shape index (κ2) is 5.67. The smallest absolute Gasteiger partial charge is 0.222 e. The van der Waals surface area contributed by atoms with Crippen molar-refractivity contribution in [3.8, 4) is 0 Å². The molecule has 3 heteroatoms. The molecule has 1 atom stereocenters. The maximum atomic E-state index is 11.7. The summed E-state index contributed by atoms with van der Waals surface area (Å²) in [4.78, 5) is 11.7. The average molecular weight is 228 g/mol. The largest absolute Gasteiger partial charge is 0.355 e. The van der Waals surface area contributed by atoms with E-state index in [1.165, 1.54) is 0 Å². The molecule has 0 spiro atoms. The van der Waals surface area contributed by atoms with Crippen LogP contribution in [0.3, 0.4) is 0 Å². The first-order chi connectivity index (χ1) is 7.12. The van der Waals surface area contributed by atoms with Crippen LogP contribution in [-0.4, -0.2) is 19.0 Å². The maximum Gasteiger partial charge on any atom is 0.222 e. The summed E-state index contributed by atoms with van der Waals surface area (Å²) in [5.41, 5.74) is 5.70. The second-order valence-electron chi connectivity index (χ2n) is 6.33. The summed E-state index contributed by atoms with van der Waals surface area (Å²) in [6.07, 6.45) is 0.752. The topological polar surface area (TPSA) is 55.1 Å². The minimum Gasteiger partial charge on any atom is -0.355 e. The van der Waals surface area contributed by atoms with E-state index < -0.39 is 0 Å². The van der Waals surface area contributed by atoms with Gasteiger partial charge in [0.15, 0.2) is 0 Å². The number of hydrogen-bond acceptors (Lipinski definition) is 2. The lowest BCUT2D eigenvalue weighted by molar-refractivity contribution is -0.125. The molecular formula is C13H28N2O. The van der Waals surface area contributed by atoms with E-state index in [0.29, 0.717) is 13.1 Å². The normalized spacial score (nSPS) is 14.7. The zero-order valence-electron chi connectivity index (χ0n) is 11.7. The van der Waals surface area contributed by atoms with Gasteiger partial charge in [0.25, 0.3) is 0 Å². The molecule has 3 N–H and O–H groups in total. The van der Waals surface area contributed by atoms with Crippen LogP contribution < -0.4 is 11.1 Å². The highest BCUT2D eigenvalue weighted by Gasteiger charge is 2.33. The Bertz CT molecular complexity index is 229. The Balaban J connectivity index is 4.20. The molecule has 3 nitrogen and oxygen atoms in total. The Morgan fingerprint density at radius 2 is 1.75 bits per heavy atom. The zero-order valence-corrected chi connectivity index (χ0v) is 11.7. The zero-order chi connectivity index (χ0) is 13.0. The van der Waals surface area contributed by atoms with Crippen LogP contribution >= 0.6 is 0 Å². The van der Waals surface area contributed by atoms with Crippen LogP contribution in [0.4, 0.5) is 0 Å². The van der Waals surface area contributed by atoms with Crippen molar-refractivity contribution in [2.24, 2.45) is 22.5 Å². The molecule has 0 bridgehead atoms. The first kappa shape index (κ1) is 15.4. The Hall–Kier alpha value is -0.570. The fourth-order valence-corrected chi connectivity index (χ4v) is 1.13. The van der Waals surface area contributed by atoms with Gasteiger partial charge in [0.2, 0.25) is 5.91 Å². The van der Waals surface area contributed by atoms with Crippen LogP contribution in [0.1, 0.15) is 48.0 Å². The predicted molar refractivity (Wildman–Crippen MR) is 69.1 cm³/mol. The highest BCUT2D eigenvalue weighted by Crippen LogP contribution is 2.36. The van der Waals surface area contributed by atoms with E-state index in [-0.39, 0.29) is 22.7 Å². The standard InChI is InChI=1S/C13H28N2O/c1-10(7-8-14)11(16)15-9-13(5,6)12(2,3)4/h10H,7-9,14H2,1-6H3,(H,15,16). The SMILES string of the molecule is CC(CCN)C(=O)NCC(C)(C)C(C)(C)C. The molecule has 0 heterocycles. The van der Waals surface area contributed by atoms with Crippen molar-refractivity contribution in [3.05, 3.63) is 0 Å². The highest BCUT2D eigenvalue weighted by molar-refractivity contribution is 5.78. The van der Waals surface area contributed by atoms with E-state index in [2.05, 4.69) is 39.9 Å². The first-order valence-corrected chi connectivity index (χ1v) is 6.09. The van der Waals surface area contributed by atoms with Gasteiger partial charge in [-0.2, -0.15) is 0 Å². The molecule has 1 unspecified atom stereocenters. The lowest BCUT2D eigenvalue weighted by atomic mass is 9.69. The van der Waals surface area contributed by atoms with Crippen molar-refractivity contribution < 1.29 is 4.79 Å². The Morgan fingerprint density at radius 1 is 1.25 bits per heavy atom. The van der Waals surface area contributed by atoms with Crippen LogP contribution in [0.25, 0.3) is 0 Å². The van der Waals surface area contributed by atoms with Crippen LogP contribution in [0, 0.1) is 16.7 Å². The maximum absolute atomic E-state index is 11.7. The van der Waals surface area contributed by atoms with Gasteiger partial charge in [-0.15, -0.1) is 0 Å². The molecule has 0 aliphatic heterocycles. The van der Waals surface area contributed by atoms with Crippen LogP contribution in [-0.2, 0) is 4.79 Å². The van der Waals surface area contributed by atoms with Crippen molar-refractivity contribution in [1.82, 2.24) is 5.32 Å². The summed E-state index contributed by atoms with van der Waals surface area (Å²) >= 11 is 0. The van der Waals surface area contributed by atoms with Crippen molar-refractivity contribution in [1.29, 1.82) is 0 Å². The quantitative estimate of drug-likeness (QED) is 0.757. The fourth-order valence-electron chi connectivity index (χ4n) is 1.13. The van der Waals surface area contributed by atoms with E-state index in [9.17, 15) is 4.79 Å². The third-order valence-corrected chi connectivity index (χ3v) is 3.78. The number of carbonyl (C=O) groups excluding carboxylic acids is 1. The lowest BCUT2D eigenvalue weighted by Gasteiger charge is -2.39. The molecule has 0 aromatic carbocycles. The van der Waals surface area contributed by atoms with Gasteiger partial charge in [0.1, 0.15) is 0 Å². The molecule has 0 aliphatic rings. The minimum absolute atomic E-state index is 0.0146. The van der Waals surface area contributed by atoms with Gasteiger partial charge in [-0.05, 0) is 23.8 Å². The Kier molecular flexibility index (Phi) is 5.47. The number of rotatable bonds is 5. The van der Waals surface area contributed by atoms with Gasteiger partial charge in [-0.3, -0.25) is 4.79 Å². The van der Waals surface area contributed by atoms with Crippen molar-refractivity contribution in [2.45, 2.75) is 48.0 Å². The van der Waals surface area contributed by atoms with Gasteiger partial charge in [0.05, 0.1) is 0 Å². The minimum atomic E-state index is 0.0146. The molecule has 1 amide bonds. The van der Waals surface area contributed by atoms with E-state index in [1.807, 2.05) is 6.92 Å². The van der Waals surface area contributed by atoms with Gasteiger partial charge in [-0.25, -0.2) is 0 Å². The molecular weight excluding hydrogens is 200 g/mol. The summed E-state index contributed by atoms with van der Waals surface area (Å²) < 4.78 is 0. The van der Waals surface area contributed by atoms with Crippen molar-refractivity contribution >= 4 is 5.91 Å². The number of nitrogens with two attached hydrogens (primary N) is 1. The third kappa shape index (κ3) is 4.52. The number of amides is 1. The number of nitrogens with one attached hydrogen (secondary N) is 1. The molecule has 0 aliphatic carbocycles. The summed E-state index contributed by atoms with van der Waals surface area (Å²) in [5, 5.41) is 3.02. The Morgan fingerprint density at radius 3 is 2.12 bits per heavy atom. The van der Waals surface area contributed by atoms with Crippen LogP contribution in [0.2, 0.25) is 0 Å². The molecule has 0 saturated heterocycles. The number of carbonyl (C=O) groups is 1. The second-order valence-corrected chi connectivity index (χ2v) is 6.33. The van der Waals surface area contributed by atoms with E-state index in [4.69, 9.17) is 5.73 Å². The fraction of sp³-hybridized carbons (Fsp3) is 0.923. The summed E-state index contributed by atoms with van der Waals surface area (Å²) in [7, 11) is 0. The first-order valence-electron chi connectivity index (χ1n) is 6.09. The van der Waals surface area contributed by atoms with Gasteiger partial charge < -0.3 is 11.1 Å². The summed E-state index contributed by atoms with van der Waals surface area (Å²) in [6, 6.07) is 0. The average Bonchev–Trinajstić information content (AvgIpc) is 2.12. The van der Waals surface area contributed by atoms with Crippen LogP contribution in [0.5, 0.6) is 0 Å². The molecule has 0 radical (unpaired) electrons. The lowest BCUT2D eigenvalue weighted by Crippen LogP contribution is -2.43. The summed E-state index contributed by atoms with van der Waals surface area (Å²) in [5.74, 6) is 0.128. The molecule has 16 heavy (non-hydrogen) atoms. The monoisotopic (exact) mass is 228 g/mol. The molecule has 0 fully saturated rings. The van der Waals surface area contributed by atoms with E-state index in [1.54, 1.807) is 0 Å². The molecule has 0 aromatic rings. The van der Waals surface area contributed by atoms with Crippen molar-refractivity contribution in [3.63, 3.8) is 0 Å². The molecule has 0 aromatic heterocycles. The van der Waals surface area contributed by atoms with Gasteiger partial charge in [0, 0.05) is 12.5 Å². The van der Waals surface area contributed by atoms with Gasteiger partial charge in [-0.1, -0.05) is 41.5 Å². The molecule has 96 valence electrons. The van der Waals surface area contributed by atoms with Crippen molar-refractivity contribution in [2.75, 3.05) is 13.1 Å². The van der Waals surface area contributed by atoms with E-state index in [0.717, 1.165) is 6.42 Å². The Labute approximate surface area is 100 Å². The van der Waals surface area contributed by atoms with Gasteiger partial charge >= 0.3 is 0 Å². The third-order valence-electron chi connectivity index (χ3n) is 3.78. The van der Waals surface area contributed by atoms with Crippen LogP contribution in [0.15, 0.2) is 0 Å². The molecule has 0 saturated carbocycles. The predicted octanol–water partition coefficient (Wildman–Crippen LogP) is 2.16. The molecule has 0 rings (SSSR count). The highest BCUT2D eigenvalue weighted by atomic mass is 16.1.